The van der Waals surface area contributed by atoms with Gasteiger partial charge in [0.05, 0.1) is 0 Å². The van der Waals surface area contributed by atoms with Gasteiger partial charge in [-0.25, -0.2) is 0 Å². The summed E-state index contributed by atoms with van der Waals surface area (Å²) in [6.45, 7) is 30.8. The van der Waals surface area contributed by atoms with Crippen LogP contribution in [-0.4, -0.2) is 0 Å². The first-order valence-electron chi connectivity index (χ1n) is 29.2. The van der Waals surface area contributed by atoms with E-state index in [4.69, 9.17) is 4.74 Å². The van der Waals surface area contributed by atoms with Gasteiger partial charge in [0, 0.05) is 0 Å². The maximum atomic E-state index is 5.71. The van der Waals surface area contributed by atoms with E-state index in [9.17, 15) is 0 Å². The third-order valence-electron chi connectivity index (χ3n) is 13.4. The van der Waals surface area contributed by atoms with Crippen molar-refractivity contribution in [2.24, 2.45) is 0 Å². The number of para-hydroxylation sites is 1. The topological polar surface area (TPSA) is 9.23 Å². The van der Waals surface area contributed by atoms with Crippen molar-refractivity contribution in [3.8, 4) is 22.6 Å². The largest absolute Gasteiger partial charge is 0.457 e. The molecule has 0 aliphatic heterocycles. The number of hydrogen-bond donors (Lipinski definition) is 0. The monoisotopic (exact) mass is 1050 g/mol. The van der Waals surface area contributed by atoms with Gasteiger partial charge in [0.15, 0.2) is 0 Å². The molecule has 0 atom stereocenters. The van der Waals surface area contributed by atoms with Crippen molar-refractivity contribution in [2.45, 2.75) is 146 Å². The Kier molecular flexibility index (Phi) is 29.1. The van der Waals surface area contributed by atoms with Crippen LogP contribution in [0.5, 0.6) is 11.5 Å². The smallest absolute Gasteiger partial charge is 0.127 e. The molecule has 0 spiro atoms. The summed E-state index contributed by atoms with van der Waals surface area (Å²) in [5, 5.41) is 5.40. The van der Waals surface area contributed by atoms with Crippen molar-refractivity contribution < 1.29 is 4.74 Å². The minimum atomic E-state index is 0.561. The first kappa shape index (κ1) is 64.0. The maximum absolute atomic E-state index is 5.71. The van der Waals surface area contributed by atoms with E-state index in [1.165, 1.54) is 78.0 Å². The molecule has 0 heterocycles. The van der Waals surface area contributed by atoms with Crippen molar-refractivity contribution in [2.75, 3.05) is 0 Å². The molecular weight excluding hydrogens is 953 g/mol. The molecule has 10 aromatic rings. The zero-order valence-corrected chi connectivity index (χ0v) is 50.6. The van der Waals surface area contributed by atoms with Crippen LogP contribution in [0.1, 0.15) is 172 Å². The average Bonchev–Trinajstić information content (AvgIpc) is 3.49. The molecule has 0 aliphatic carbocycles. The van der Waals surface area contributed by atoms with Crippen molar-refractivity contribution in [1.29, 1.82) is 0 Å². The van der Waals surface area contributed by atoms with E-state index in [2.05, 4.69) is 291 Å². The van der Waals surface area contributed by atoms with Crippen LogP contribution in [0.4, 0.5) is 0 Å². The lowest BCUT2D eigenvalue weighted by Gasteiger charge is -2.08. The predicted molar refractivity (Wildman–Crippen MR) is 351 cm³/mol. The molecule has 0 N–H and O–H groups in total. The van der Waals surface area contributed by atoms with E-state index in [1.807, 2.05) is 54.6 Å². The van der Waals surface area contributed by atoms with E-state index in [1.54, 1.807) is 0 Å². The summed E-state index contributed by atoms with van der Waals surface area (Å²) >= 11 is 0. The van der Waals surface area contributed by atoms with Crippen LogP contribution in [0.25, 0.3) is 32.7 Å². The van der Waals surface area contributed by atoms with Crippen LogP contribution in [-0.2, 0) is 12.8 Å². The van der Waals surface area contributed by atoms with Crippen LogP contribution in [0.2, 0.25) is 0 Å². The zero-order chi connectivity index (χ0) is 57.4. The molecule has 412 valence electrons. The zero-order valence-electron chi connectivity index (χ0n) is 50.6. The molecule has 10 aromatic carbocycles. The van der Waals surface area contributed by atoms with Gasteiger partial charge >= 0.3 is 0 Å². The Bertz CT molecular complexity index is 3090. The Hall–Kier alpha value is -7.48. The molecule has 0 bridgehead atoms. The second kappa shape index (κ2) is 35.8. The Morgan fingerprint density at radius 1 is 0.278 bits per heavy atom. The fourth-order valence-electron chi connectivity index (χ4n) is 8.41. The van der Waals surface area contributed by atoms with E-state index < -0.39 is 0 Å². The van der Waals surface area contributed by atoms with Crippen LogP contribution in [0.15, 0.2) is 249 Å². The lowest BCUT2D eigenvalue weighted by molar-refractivity contribution is 0.482. The minimum Gasteiger partial charge on any atom is -0.457 e. The molecule has 0 unspecified atom stereocenters. The highest BCUT2D eigenvalue weighted by Gasteiger charge is 2.05. The van der Waals surface area contributed by atoms with E-state index >= 15 is 0 Å². The Morgan fingerprint density at radius 2 is 0.646 bits per heavy atom. The molecule has 10 rings (SSSR count). The van der Waals surface area contributed by atoms with Crippen LogP contribution >= 0.6 is 0 Å². The first-order chi connectivity index (χ1) is 38.2. The summed E-state index contributed by atoms with van der Waals surface area (Å²) < 4.78 is 5.71. The molecule has 1 heteroatoms. The van der Waals surface area contributed by atoms with Crippen molar-refractivity contribution in [1.82, 2.24) is 0 Å². The highest BCUT2D eigenvalue weighted by molar-refractivity contribution is 5.86. The summed E-state index contributed by atoms with van der Waals surface area (Å²) in [5.74, 6) is 4.80. The summed E-state index contributed by atoms with van der Waals surface area (Å²) in [5.41, 5.74) is 12.4. The second-order valence-corrected chi connectivity index (χ2v) is 21.6. The molecule has 0 aromatic heterocycles. The fourth-order valence-corrected chi connectivity index (χ4v) is 8.41. The Labute approximate surface area is 479 Å². The molecule has 0 amide bonds. The number of benzene rings is 10. The molecule has 0 saturated heterocycles. The second-order valence-electron chi connectivity index (χ2n) is 21.6. The Morgan fingerprint density at radius 3 is 1.11 bits per heavy atom. The third kappa shape index (κ3) is 23.2. The lowest BCUT2D eigenvalue weighted by atomic mass is 9.96. The van der Waals surface area contributed by atoms with E-state index in [-0.39, 0.29) is 0 Å². The van der Waals surface area contributed by atoms with Crippen molar-refractivity contribution in [3.05, 3.63) is 288 Å². The molecule has 0 radical (unpaired) electrons. The number of rotatable bonds is 10. The standard InChI is InChI=1S/C15H16O.C15H16.2C13H14.C10H14.C9H12.C3H8/c1-12(2)13-8-10-15(11-9-13)16-14-6-4-3-5-7-14;1-12(2)13-8-10-15(11-9-13)14-6-4-3-5-7-14;1-10(2)12-9-5-7-11-6-3-4-8-13(11)12;1-10(2)12-8-7-11-5-3-4-6-13(11)9-12;1-3-9-5-7-10(4-2)8-6-9;1-8(2)9-6-4-3-5-7-9;1-3-2/h3-12H,1-2H3;3-12H,1-2H3;2*3-10H,1-2H3;5-8H,3-4H2,1-2H3;3-8H,1-2H3;3H2,1-2H3. The van der Waals surface area contributed by atoms with Gasteiger partial charge in [0.25, 0.3) is 0 Å². The molecule has 79 heavy (non-hydrogen) atoms. The number of aryl methyl sites for hydroxylation is 2. The SMILES string of the molecule is CC(C)c1ccc(-c2ccccc2)cc1.CC(C)c1ccc(Oc2ccccc2)cc1.CC(C)c1ccc2ccccc2c1.CC(C)c1cccc2ccccc12.CC(C)c1ccccc1.CCC.CCc1ccc(CC)cc1. The lowest BCUT2D eigenvalue weighted by Crippen LogP contribution is -1.88. The van der Waals surface area contributed by atoms with Gasteiger partial charge in [-0.15, -0.1) is 0 Å². The summed E-state index contributed by atoms with van der Waals surface area (Å²) in [6.07, 6.45) is 3.54. The van der Waals surface area contributed by atoms with Gasteiger partial charge < -0.3 is 4.74 Å². The van der Waals surface area contributed by atoms with Gasteiger partial charge in [-0.05, 0) is 138 Å². The predicted octanol–water partition coefficient (Wildman–Crippen LogP) is 24.0. The van der Waals surface area contributed by atoms with Crippen LogP contribution < -0.4 is 4.74 Å². The van der Waals surface area contributed by atoms with Gasteiger partial charge in [0.1, 0.15) is 11.5 Å². The summed E-state index contributed by atoms with van der Waals surface area (Å²) in [7, 11) is 0. The van der Waals surface area contributed by atoms with E-state index in [0.29, 0.717) is 29.6 Å². The number of ether oxygens (including phenoxy) is 1. The number of fused-ring (bicyclic) bond motifs is 2. The highest BCUT2D eigenvalue weighted by atomic mass is 16.5. The quantitative estimate of drug-likeness (QED) is 0.133. The Balaban J connectivity index is 0.000000204. The molecule has 0 fully saturated rings. The molecule has 0 aliphatic rings. The van der Waals surface area contributed by atoms with Crippen molar-refractivity contribution >= 4 is 21.5 Å². The fraction of sp³-hybridized carbons (Fsp3) is 0.282. The normalized spacial score (nSPS) is 10.4. The summed E-state index contributed by atoms with van der Waals surface area (Å²) in [4.78, 5) is 0. The summed E-state index contributed by atoms with van der Waals surface area (Å²) in [6, 6.07) is 87.0. The van der Waals surface area contributed by atoms with Crippen LogP contribution in [0, 0.1) is 0 Å². The van der Waals surface area contributed by atoms with Crippen molar-refractivity contribution in [3.63, 3.8) is 0 Å². The van der Waals surface area contributed by atoms with E-state index in [0.717, 1.165) is 24.3 Å². The maximum Gasteiger partial charge on any atom is 0.127 e. The molecule has 1 nitrogen and oxygen atoms in total. The van der Waals surface area contributed by atoms with Gasteiger partial charge in [-0.1, -0.05) is 328 Å². The van der Waals surface area contributed by atoms with Gasteiger partial charge in [0.2, 0.25) is 0 Å². The number of hydrogen-bond acceptors (Lipinski definition) is 1. The first-order valence-corrected chi connectivity index (χ1v) is 29.2. The van der Waals surface area contributed by atoms with Crippen LogP contribution in [0.3, 0.4) is 0 Å². The minimum absolute atomic E-state index is 0.561. The molecular formula is C78H94O. The third-order valence-corrected chi connectivity index (χ3v) is 13.4. The highest BCUT2D eigenvalue weighted by Crippen LogP contribution is 2.27. The van der Waals surface area contributed by atoms with Gasteiger partial charge in [-0.3, -0.25) is 0 Å². The molecule has 0 saturated carbocycles. The van der Waals surface area contributed by atoms with Gasteiger partial charge in [-0.2, -0.15) is 0 Å². The average molecular weight is 1050 g/mol.